The Morgan fingerprint density at radius 1 is 1.54 bits per heavy atom. The first kappa shape index (κ1) is 8.63. The predicted molar refractivity (Wildman–Crippen MR) is 55.7 cm³/mol. The smallest absolute Gasteiger partial charge is 0.149 e. The minimum Gasteiger partial charge on any atom is -0.366 e. The van der Waals surface area contributed by atoms with Crippen LogP contribution in [0.3, 0.4) is 0 Å². The van der Waals surface area contributed by atoms with Crippen LogP contribution in [0.5, 0.6) is 0 Å². The molecule has 1 unspecified atom stereocenters. The van der Waals surface area contributed by atoms with Crippen LogP contribution in [0.4, 0.5) is 11.5 Å². The van der Waals surface area contributed by atoms with Crippen LogP contribution in [0.1, 0.15) is 6.42 Å². The van der Waals surface area contributed by atoms with Crippen LogP contribution in [-0.2, 0) is 0 Å². The highest BCUT2D eigenvalue weighted by Crippen LogP contribution is 2.32. The average molecular weight is 198 g/mol. The first-order valence-electron chi connectivity index (χ1n) is 4.40. The molecule has 1 aromatic rings. The number of nitrogens with zero attached hydrogens (tertiary/aromatic N) is 2. The van der Waals surface area contributed by atoms with Gasteiger partial charge in [-0.2, -0.15) is 0 Å². The molecule has 0 aromatic carbocycles. The highest BCUT2D eigenvalue weighted by atomic mass is 35.5. The monoisotopic (exact) mass is 197 g/mol. The lowest BCUT2D eigenvalue weighted by atomic mass is 10.2. The third-order valence-electron chi connectivity index (χ3n) is 2.66. The fourth-order valence-corrected chi connectivity index (χ4v) is 2.05. The van der Waals surface area contributed by atoms with Gasteiger partial charge in [0.2, 0.25) is 0 Å². The topological polar surface area (TPSA) is 28.2 Å². The van der Waals surface area contributed by atoms with Crippen LogP contribution in [0.15, 0.2) is 18.3 Å². The summed E-state index contributed by atoms with van der Waals surface area (Å²) in [5.74, 6) is 1.06. The van der Waals surface area contributed by atoms with Gasteiger partial charge >= 0.3 is 0 Å². The summed E-state index contributed by atoms with van der Waals surface area (Å²) in [6, 6.07) is 4.77. The Labute approximate surface area is 83.6 Å². The normalized spacial score (nSPS) is 23.1. The van der Waals surface area contributed by atoms with Gasteiger partial charge in [0.25, 0.3) is 0 Å². The largest absolute Gasteiger partial charge is 0.366 e. The Morgan fingerprint density at radius 3 is 3.38 bits per heavy atom. The third kappa shape index (κ3) is 1.23. The molecule has 0 saturated carbocycles. The number of rotatable bonds is 0. The van der Waals surface area contributed by atoms with Crippen LogP contribution in [0.2, 0.25) is 0 Å². The number of hydrogen-bond acceptors (Lipinski definition) is 3. The van der Waals surface area contributed by atoms with E-state index >= 15 is 0 Å². The Morgan fingerprint density at radius 2 is 2.46 bits per heavy atom. The number of aromatic nitrogens is 1. The Kier molecular flexibility index (Phi) is 2.04. The first-order valence-corrected chi connectivity index (χ1v) is 4.40. The molecule has 3 nitrogen and oxygen atoms in total. The SMILES string of the molecule is Cl.c1cnc2c(c1)N1CCC(C1)N2. The second kappa shape index (κ2) is 3.07. The van der Waals surface area contributed by atoms with E-state index in [1.54, 1.807) is 0 Å². The van der Waals surface area contributed by atoms with Gasteiger partial charge < -0.3 is 10.2 Å². The van der Waals surface area contributed by atoms with Crippen molar-refractivity contribution in [3.8, 4) is 0 Å². The van der Waals surface area contributed by atoms with Crippen molar-refractivity contribution in [2.45, 2.75) is 12.5 Å². The summed E-state index contributed by atoms with van der Waals surface area (Å²) in [5, 5.41) is 3.44. The average Bonchev–Trinajstić information content (AvgIpc) is 2.49. The molecule has 0 radical (unpaired) electrons. The lowest BCUT2D eigenvalue weighted by Crippen LogP contribution is -2.32. The molecule has 2 aliphatic heterocycles. The number of hydrogen-bond donors (Lipinski definition) is 1. The molecular weight excluding hydrogens is 186 g/mol. The van der Waals surface area contributed by atoms with Crippen molar-refractivity contribution in [2.24, 2.45) is 0 Å². The summed E-state index contributed by atoms with van der Waals surface area (Å²) in [7, 11) is 0. The van der Waals surface area contributed by atoms with Crippen LogP contribution in [0.25, 0.3) is 0 Å². The molecule has 1 aromatic heterocycles. The zero-order chi connectivity index (χ0) is 7.97. The van der Waals surface area contributed by atoms with E-state index in [-0.39, 0.29) is 12.4 Å². The molecule has 1 atom stereocenters. The molecule has 3 heterocycles. The summed E-state index contributed by atoms with van der Waals surface area (Å²) in [4.78, 5) is 6.71. The highest BCUT2D eigenvalue weighted by molar-refractivity contribution is 5.85. The van der Waals surface area contributed by atoms with E-state index in [1.165, 1.54) is 18.7 Å². The lowest BCUT2D eigenvalue weighted by Gasteiger charge is -2.27. The molecule has 1 fully saturated rings. The van der Waals surface area contributed by atoms with Crippen molar-refractivity contribution < 1.29 is 0 Å². The van der Waals surface area contributed by atoms with Crippen LogP contribution >= 0.6 is 12.4 Å². The number of fused-ring (bicyclic) bond motifs is 4. The number of pyridine rings is 1. The number of anilines is 2. The second-order valence-corrected chi connectivity index (χ2v) is 3.45. The molecule has 3 rings (SSSR count). The predicted octanol–water partition coefficient (Wildman–Crippen LogP) is 1.51. The van der Waals surface area contributed by atoms with Gasteiger partial charge in [0.1, 0.15) is 5.82 Å². The van der Waals surface area contributed by atoms with Crippen LogP contribution in [0, 0.1) is 0 Å². The van der Waals surface area contributed by atoms with E-state index in [9.17, 15) is 0 Å². The van der Waals surface area contributed by atoms with E-state index < -0.39 is 0 Å². The molecule has 0 spiro atoms. The molecule has 13 heavy (non-hydrogen) atoms. The summed E-state index contributed by atoms with van der Waals surface area (Å²) < 4.78 is 0. The molecular formula is C9H12ClN3. The zero-order valence-corrected chi connectivity index (χ0v) is 8.05. The van der Waals surface area contributed by atoms with E-state index in [1.807, 2.05) is 12.3 Å². The Bertz CT molecular complexity index is 315. The maximum Gasteiger partial charge on any atom is 0.149 e. The summed E-state index contributed by atoms with van der Waals surface area (Å²) in [5.41, 5.74) is 1.27. The van der Waals surface area contributed by atoms with E-state index in [0.29, 0.717) is 6.04 Å². The van der Waals surface area contributed by atoms with Gasteiger partial charge in [-0.25, -0.2) is 4.98 Å². The minimum atomic E-state index is 0. The van der Waals surface area contributed by atoms with Gasteiger partial charge in [0.15, 0.2) is 0 Å². The summed E-state index contributed by atoms with van der Waals surface area (Å²) >= 11 is 0. The van der Waals surface area contributed by atoms with Crippen molar-refractivity contribution in [1.29, 1.82) is 0 Å². The van der Waals surface area contributed by atoms with Gasteiger partial charge in [0, 0.05) is 25.3 Å². The molecule has 0 aliphatic carbocycles. The van der Waals surface area contributed by atoms with Crippen molar-refractivity contribution in [2.75, 3.05) is 23.3 Å². The minimum absolute atomic E-state index is 0. The Balaban J connectivity index is 0.000000653. The maximum atomic E-state index is 4.31. The molecule has 4 heteroatoms. The van der Waals surface area contributed by atoms with Gasteiger partial charge in [-0.3, -0.25) is 0 Å². The number of nitrogens with one attached hydrogen (secondary N) is 1. The van der Waals surface area contributed by atoms with Crippen LogP contribution < -0.4 is 10.2 Å². The zero-order valence-electron chi connectivity index (χ0n) is 7.23. The van der Waals surface area contributed by atoms with Crippen molar-refractivity contribution >= 4 is 23.9 Å². The van der Waals surface area contributed by atoms with Gasteiger partial charge in [0.05, 0.1) is 5.69 Å². The fraction of sp³-hybridized carbons (Fsp3) is 0.444. The molecule has 2 bridgehead atoms. The first-order chi connectivity index (χ1) is 5.93. The summed E-state index contributed by atoms with van der Waals surface area (Å²) in [6.45, 7) is 2.33. The quantitative estimate of drug-likeness (QED) is 0.684. The molecule has 0 amide bonds. The van der Waals surface area contributed by atoms with Crippen molar-refractivity contribution in [3.05, 3.63) is 18.3 Å². The van der Waals surface area contributed by atoms with Crippen LogP contribution in [-0.4, -0.2) is 24.1 Å². The maximum absolute atomic E-state index is 4.31. The van der Waals surface area contributed by atoms with Gasteiger partial charge in [-0.1, -0.05) is 0 Å². The molecule has 70 valence electrons. The van der Waals surface area contributed by atoms with Gasteiger partial charge in [-0.05, 0) is 18.6 Å². The fourth-order valence-electron chi connectivity index (χ4n) is 2.05. The molecule has 2 aliphatic rings. The standard InChI is InChI=1S/C9H11N3.ClH/c1-2-8-9(10-4-1)11-7-3-5-12(8)6-7;/h1-2,4,7H,3,5-6H2,(H,10,11);1H. The van der Waals surface area contributed by atoms with E-state index in [0.717, 1.165) is 12.4 Å². The lowest BCUT2D eigenvalue weighted by molar-refractivity contribution is 0.788. The Hall–Kier alpha value is -0.960. The molecule has 1 N–H and O–H groups in total. The second-order valence-electron chi connectivity index (χ2n) is 3.45. The molecule has 1 saturated heterocycles. The number of halogens is 1. The van der Waals surface area contributed by atoms with E-state index in [4.69, 9.17) is 0 Å². The van der Waals surface area contributed by atoms with Crippen molar-refractivity contribution in [3.63, 3.8) is 0 Å². The third-order valence-corrected chi connectivity index (χ3v) is 2.66. The highest BCUT2D eigenvalue weighted by Gasteiger charge is 2.29. The summed E-state index contributed by atoms with van der Waals surface area (Å²) in [6.07, 6.45) is 3.09. The van der Waals surface area contributed by atoms with Gasteiger partial charge in [-0.15, -0.1) is 12.4 Å². The van der Waals surface area contributed by atoms with E-state index in [2.05, 4.69) is 21.3 Å². The van der Waals surface area contributed by atoms with Crippen molar-refractivity contribution in [1.82, 2.24) is 4.98 Å².